The number of allylic oxidation sites excluding steroid dienone is 1. The van der Waals surface area contributed by atoms with E-state index in [1.807, 2.05) is 18.3 Å². The van der Waals surface area contributed by atoms with Crippen LogP contribution in [0.15, 0.2) is 30.3 Å². The highest BCUT2D eigenvalue weighted by atomic mass is 32.1. The van der Waals surface area contributed by atoms with Crippen LogP contribution in [0.25, 0.3) is 15.7 Å². The summed E-state index contributed by atoms with van der Waals surface area (Å²) in [6, 6.07) is 8.43. The van der Waals surface area contributed by atoms with Crippen molar-refractivity contribution in [3.63, 3.8) is 0 Å². The van der Waals surface area contributed by atoms with Crippen LogP contribution in [0.1, 0.15) is 30.2 Å². The van der Waals surface area contributed by atoms with E-state index in [4.69, 9.17) is 4.74 Å². The topological polar surface area (TPSA) is 26.3 Å². The molecule has 1 aromatic carbocycles. The molecule has 1 aliphatic carbocycles. The Bertz CT molecular complexity index is 652. The third-order valence-electron chi connectivity index (χ3n) is 3.42. The van der Waals surface area contributed by atoms with Gasteiger partial charge in [0.25, 0.3) is 0 Å². The highest BCUT2D eigenvalue weighted by Gasteiger charge is 2.20. The number of hydrogen-bond donors (Lipinski definition) is 0. The second-order valence-electron chi connectivity index (χ2n) is 4.67. The summed E-state index contributed by atoms with van der Waals surface area (Å²) in [5.41, 5.74) is 2.41. The number of aryl methyl sites for hydroxylation is 1. The molecule has 2 nitrogen and oxygen atoms in total. The molecule has 2 aromatic rings. The van der Waals surface area contributed by atoms with Crippen LogP contribution in [-0.4, -0.2) is 12.6 Å². The Morgan fingerprint density at radius 3 is 3.05 bits per heavy atom. The van der Waals surface area contributed by atoms with Gasteiger partial charge < -0.3 is 4.74 Å². The van der Waals surface area contributed by atoms with Gasteiger partial charge in [-0.15, -0.1) is 11.3 Å². The van der Waals surface area contributed by atoms with E-state index in [1.165, 1.54) is 20.5 Å². The quantitative estimate of drug-likeness (QED) is 0.605. The highest BCUT2D eigenvalue weighted by molar-refractivity contribution is 7.19. The van der Waals surface area contributed by atoms with E-state index in [9.17, 15) is 4.79 Å². The first kappa shape index (κ1) is 12.4. The van der Waals surface area contributed by atoms with Crippen molar-refractivity contribution < 1.29 is 9.53 Å². The Kier molecular flexibility index (Phi) is 3.38. The minimum atomic E-state index is -0.222. The maximum atomic E-state index is 11.7. The highest BCUT2D eigenvalue weighted by Crippen LogP contribution is 2.41. The molecule has 98 valence electrons. The minimum absolute atomic E-state index is 0.222. The molecule has 0 atom stereocenters. The lowest BCUT2D eigenvalue weighted by atomic mass is 9.90. The summed E-state index contributed by atoms with van der Waals surface area (Å²) >= 11 is 1.85. The van der Waals surface area contributed by atoms with Gasteiger partial charge in [-0.25, -0.2) is 4.79 Å². The first-order chi connectivity index (χ1) is 9.29. The van der Waals surface area contributed by atoms with Crippen LogP contribution < -0.4 is 0 Å². The molecule has 0 spiro atoms. The number of fused-ring (bicyclic) bond motifs is 3. The standard InChI is InChI=1S/C16H16O2S/c1-2-18-15(17)10-11-6-5-9-14-16(11)12-7-3-4-8-13(12)19-14/h3-4,7-8,10H,2,5-6,9H2,1H3/b11-10-. The summed E-state index contributed by atoms with van der Waals surface area (Å²) in [7, 11) is 0. The molecule has 1 aromatic heterocycles. The van der Waals surface area contributed by atoms with Crippen LogP contribution in [0.4, 0.5) is 0 Å². The molecule has 3 heteroatoms. The second kappa shape index (κ2) is 5.17. The summed E-state index contributed by atoms with van der Waals surface area (Å²) in [6.07, 6.45) is 4.88. The number of rotatable bonds is 2. The molecule has 0 radical (unpaired) electrons. The molecule has 0 saturated carbocycles. The molecule has 1 aliphatic rings. The van der Waals surface area contributed by atoms with Crippen molar-refractivity contribution in [3.05, 3.63) is 40.8 Å². The zero-order valence-electron chi connectivity index (χ0n) is 10.9. The van der Waals surface area contributed by atoms with Crippen LogP contribution in [0.3, 0.4) is 0 Å². The predicted octanol–water partition coefficient (Wildman–Crippen LogP) is 4.18. The van der Waals surface area contributed by atoms with E-state index < -0.39 is 0 Å². The Morgan fingerprint density at radius 2 is 2.21 bits per heavy atom. The fraction of sp³-hybridized carbons (Fsp3) is 0.312. The lowest BCUT2D eigenvalue weighted by molar-refractivity contribution is -0.137. The molecule has 19 heavy (non-hydrogen) atoms. The van der Waals surface area contributed by atoms with Crippen molar-refractivity contribution in [1.82, 2.24) is 0 Å². The average Bonchev–Trinajstić information content (AvgIpc) is 2.78. The molecule has 3 rings (SSSR count). The molecule has 0 fully saturated rings. The van der Waals surface area contributed by atoms with E-state index in [0.29, 0.717) is 6.61 Å². The number of hydrogen-bond acceptors (Lipinski definition) is 3. The Labute approximate surface area is 116 Å². The van der Waals surface area contributed by atoms with Crippen LogP contribution >= 0.6 is 11.3 Å². The molecular weight excluding hydrogens is 256 g/mol. The first-order valence-corrected chi connectivity index (χ1v) is 7.49. The predicted molar refractivity (Wildman–Crippen MR) is 79.4 cm³/mol. The lowest BCUT2D eigenvalue weighted by Gasteiger charge is -2.15. The van der Waals surface area contributed by atoms with Gasteiger partial charge >= 0.3 is 5.97 Å². The van der Waals surface area contributed by atoms with Crippen LogP contribution in [0.5, 0.6) is 0 Å². The van der Waals surface area contributed by atoms with Gasteiger partial charge in [0.2, 0.25) is 0 Å². The Morgan fingerprint density at radius 1 is 1.37 bits per heavy atom. The van der Waals surface area contributed by atoms with E-state index in [1.54, 1.807) is 6.08 Å². The van der Waals surface area contributed by atoms with Crippen molar-refractivity contribution in [3.8, 4) is 0 Å². The van der Waals surface area contributed by atoms with E-state index in [-0.39, 0.29) is 5.97 Å². The van der Waals surface area contributed by atoms with E-state index in [2.05, 4.69) is 24.3 Å². The van der Waals surface area contributed by atoms with Crippen LogP contribution in [0, 0.1) is 0 Å². The first-order valence-electron chi connectivity index (χ1n) is 6.67. The molecule has 0 unspecified atom stereocenters. The maximum absolute atomic E-state index is 11.7. The summed E-state index contributed by atoms with van der Waals surface area (Å²) in [5.74, 6) is -0.222. The van der Waals surface area contributed by atoms with Crippen molar-refractivity contribution in [2.45, 2.75) is 26.2 Å². The third kappa shape index (κ3) is 2.30. The summed E-state index contributed by atoms with van der Waals surface area (Å²) < 4.78 is 6.35. The number of thiophene rings is 1. The minimum Gasteiger partial charge on any atom is -0.463 e. The number of carbonyl (C=O) groups excluding carboxylic acids is 1. The fourth-order valence-electron chi connectivity index (χ4n) is 2.66. The third-order valence-corrected chi connectivity index (χ3v) is 4.65. The van der Waals surface area contributed by atoms with Gasteiger partial charge in [-0.05, 0) is 43.4 Å². The summed E-state index contributed by atoms with van der Waals surface area (Å²) in [5, 5.41) is 1.28. The van der Waals surface area contributed by atoms with Gasteiger partial charge in [-0.2, -0.15) is 0 Å². The molecule has 0 N–H and O–H groups in total. The van der Waals surface area contributed by atoms with Crippen molar-refractivity contribution in [1.29, 1.82) is 0 Å². The second-order valence-corrected chi connectivity index (χ2v) is 5.81. The summed E-state index contributed by atoms with van der Waals surface area (Å²) in [4.78, 5) is 13.1. The van der Waals surface area contributed by atoms with E-state index >= 15 is 0 Å². The lowest BCUT2D eigenvalue weighted by Crippen LogP contribution is -2.04. The Hall–Kier alpha value is -1.61. The average molecular weight is 272 g/mol. The van der Waals surface area contributed by atoms with Gasteiger partial charge in [0.15, 0.2) is 0 Å². The number of carbonyl (C=O) groups is 1. The monoisotopic (exact) mass is 272 g/mol. The largest absolute Gasteiger partial charge is 0.463 e. The molecular formula is C16H16O2S. The Balaban J connectivity index is 2.10. The van der Waals surface area contributed by atoms with Crippen LogP contribution in [0.2, 0.25) is 0 Å². The number of ether oxygens (including phenoxy) is 1. The van der Waals surface area contributed by atoms with Gasteiger partial charge in [0, 0.05) is 21.0 Å². The van der Waals surface area contributed by atoms with Crippen molar-refractivity contribution >= 4 is 33.0 Å². The smallest absolute Gasteiger partial charge is 0.331 e. The molecule has 0 amide bonds. The molecule has 0 bridgehead atoms. The van der Waals surface area contributed by atoms with E-state index in [0.717, 1.165) is 24.8 Å². The number of benzene rings is 1. The van der Waals surface area contributed by atoms with Gasteiger partial charge in [0.1, 0.15) is 0 Å². The van der Waals surface area contributed by atoms with Crippen molar-refractivity contribution in [2.24, 2.45) is 0 Å². The maximum Gasteiger partial charge on any atom is 0.331 e. The van der Waals surface area contributed by atoms with Crippen LogP contribution in [-0.2, 0) is 16.0 Å². The van der Waals surface area contributed by atoms with Crippen molar-refractivity contribution in [2.75, 3.05) is 6.61 Å². The van der Waals surface area contributed by atoms with Gasteiger partial charge in [-0.3, -0.25) is 0 Å². The fourth-order valence-corrected chi connectivity index (χ4v) is 3.94. The zero-order valence-corrected chi connectivity index (χ0v) is 11.8. The zero-order chi connectivity index (χ0) is 13.2. The molecule has 1 heterocycles. The summed E-state index contributed by atoms with van der Waals surface area (Å²) in [6.45, 7) is 2.27. The SMILES string of the molecule is CCOC(=O)/C=C1/CCCc2sc3ccccc3c21. The van der Waals surface area contributed by atoms with Gasteiger partial charge in [-0.1, -0.05) is 18.2 Å². The molecule has 0 saturated heterocycles. The van der Waals surface area contributed by atoms with Gasteiger partial charge in [0.05, 0.1) is 6.61 Å². The number of esters is 1. The molecule has 0 aliphatic heterocycles. The normalized spacial score (nSPS) is 16.6.